The van der Waals surface area contributed by atoms with E-state index in [1.165, 1.54) is 0 Å². The zero-order valence-electron chi connectivity index (χ0n) is 7.74. The number of rotatable bonds is 2. The molecule has 0 amide bonds. The lowest BCUT2D eigenvalue weighted by atomic mass is 10.0. The molecule has 1 N–H and O–H groups in total. The topological polar surface area (TPSA) is 37.3 Å². The van der Waals surface area contributed by atoms with Crippen LogP contribution in [-0.2, 0) is 4.79 Å². The van der Waals surface area contributed by atoms with Gasteiger partial charge in [-0.1, -0.05) is 30.3 Å². The Hall–Kier alpha value is -1.57. The Kier molecular flexibility index (Phi) is 2.85. The molecule has 0 spiro atoms. The number of allylic oxidation sites excluding steroid dienone is 1. The van der Waals surface area contributed by atoms with Crippen molar-refractivity contribution in [2.24, 2.45) is 0 Å². The van der Waals surface area contributed by atoms with Crippen LogP contribution in [0.15, 0.2) is 30.3 Å². The van der Waals surface area contributed by atoms with Gasteiger partial charge in [-0.2, -0.15) is 0 Å². The number of hydrogen-bond donors (Lipinski definition) is 1. The summed E-state index contributed by atoms with van der Waals surface area (Å²) in [6.45, 7) is 3.64. The Bertz CT molecular complexity index is 351. The largest absolute Gasteiger partial charge is 0.478 e. The third kappa shape index (κ3) is 1.96. The first-order chi connectivity index (χ1) is 6.16. The van der Waals surface area contributed by atoms with Gasteiger partial charge in [-0.05, 0) is 25.0 Å². The number of aryl methyl sites for hydroxylation is 1. The molecule has 0 radical (unpaired) electrons. The van der Waals surface area contributed by atoms with Gasteiger partial charge in [0.25, 0.3) is 0 Å². The third-order valence-electron chi connectivity index (χ3n) is 1.95. The van der Waals surface area contributed by atoms with E-state index in [1.807, 2.05) is 31.2 Å². The van der Waals surface area contributed by atoms with E-state index in [1.54, 1.807) is 13.0 Å². The van der Waals surface area contributed by atoms with Gasteiger partial charge in [0, 0.05) is 0 Å². The van der Waals surface area contributed by atoms with E-state index < -0.39 is 5.97 Å². The van der Waals surface area contributed by atoms with Crippen LogP contribution in [0.5, 0.6) is 0 Å². The van der Waals surface area contributed by atoms with Crippen LogP contribution in [0.2, 0.25) is 0 Å². The summed E-state index contributed by atoms with van der Waals surface area (Å²) < 4.78 is 0. The lowest BCUT2D eigenvalue weighted by molar-refractivity contribution is -0.130. The number of carbonyl (C=O) groups is 1. The highest BCUT2D eigenvalue weighted by atomic mass is 16.4. The number of hydrogen-bond acceptors (Lipinski definition) is 1. The van der Waals surface area contributed by atoms with Gasteiger partial charge < -0.3 is 5.11 Å². The van der Waals surface area contributed by atoms with Gasteiger partial charge in [0.2, 0.25) is 0 Å². The molecular weight excluding hydrogens is 164 g/mol. The maximum absolute atomic E-state index is 10.8. The van der Waals surface area contributed by atoms with E-state index in [2.05, 4.69) is 0 Å². The Morgan fingerprint density at radius 2 is 2.00 bits per heavy atom. The molecule has 1 aromatic rings. The van der Waals surface area contributed by atoms with Crippen molar-refractivity contribution in [3.8, 4) is 0 Å². The summed E-state index contributed by atoms with van der Waals surface area (Å²) in [4.78, 5) is 10.8. The predicted molar refractivity (Wildman–Crippen MR) is 52.5 cm³/mol. The molecule has 0 heterocycles. The third-order valence-corrected chi connectivity index (χ3v) is 1.95. The Labute approximate surface area is 77.5 Å². The maximum atomic E-state index is 10.8. The zero-order chi connectivity index (χ0) is 9.84. The van der Waals surface area contributed by atoms with Crippen LogP contribution in [0.4, 0.5) is 0 Å². The SMILES string of the molecule is C/C=C(/C(=O)O)c1ccccc1C. The molecule has 0 saturated heterocycles. The maximum Gasteiger partial charge on any atom is 0.335 e. The fourth-order valence-electron chi connectivity index (χ4n) is 1.27. The molecule has 0 fully saturated rings. The standard InChI is InChI=1S/C11H12O2/c1-3-9(11(12)13)10-7-5-4-6-8(10)2/h3-7H,1-2H3,(H,12,13)/b9-3+. The summed E-state index contributed by atoms with van der Waals surface area (Å²) in [6.07, 6.45) is 1.62. The molecule has 1 aromatic carbocycles. The van der Waals surface area contributed by atoms with E-state index in [9.17, 15) is 4.79 Å². The van der Waals surface area contributed by atoms with Gasteiger partial charge in [0.1, 0.15) is 0 Å². The van der Waals surface area contributed by atoms with Crippen molar-refractivity contribution in [1.29, 1.82) is 0 Å². The molecule has 0 aliphatic heterocycles. The van der Waals surface area contributed by atoms with Crippen LogP contribution in [-0.4, -0.2) is 11.1 Å². The van der Waals surface area contributed by atoms with Crippen LogP contribution in [0.1, 0.15) is 18.1 Å². The Balaban J connectivity index is 3.21. The number of benzene rings is 1. The molecule has 0 atom stereocenters. The molecule has 13 heavy (non-hydrogen) atoms. The first-order valence-electron chi connectivity index (χ1n) is 4.12. The molecule has 0 aliphatic rings. The van der Waals surface area contributed by atoms with Crippen molar-refractivity contribution in [1.82, 2.24) is 0 Å². The van der Waals surface area contributed by atoms with E-state index in [-0.39, 0.29) is 0 Å². The van der Waals surface area contributed by atoms with Crippen molar-refractivity contribution in [2.45, 2.75) is 13.8 Å². The van der Waals surface area contributed by atoms with Crippen LogP contribution in [0.3, 0.4) is 0 Å². The molecule has 0 bridgehead atoms. The highest BCUT2D eigenvalue weighted by molar-refractivity contribution is 6.15. The summed E-state index contributed by atoms with van der Waals surface area (Å²) in [5, 5.41) is 8.88. The molecule has 2 heteroatoms. The van der Waals surface area contributed by atoms with E-state index in [4.69, 9.17) is 5.11 Å². The minimum Gasteiger partial charge on any atom is -0.478 e. The van der Waals surface area contributed by atoms with Crippen LogP contribution < -0.4 is 0 Å². The summed E-state index contributed by atoms with van der Waals surface area (Å²) in [7, 11) is 0. The van der Waals surface area contributed by atoms with Gasteiger partial charge >= 0.3 is 5.97 Å². The fourth-order valence-corrected chi connectivity index (χ4v) is 1.27. The second kappa shape index (κ2) is 3.90. The van der Waals surface area contributed by atoms with Gasteiger partial charge in [0.05, 0.1) is 5.57 Å². The second-order valence-corrected chi connectivity index (χ2v) is 2.82. The average Bonchev–Trinajstić information content (AvgIpc) is 2.09. The minimum absolute atomic E-state index is 0.359. The molecular formula is C11H12O2. The first kappa shape index (κ1) is 9.52. The van der Waals surface area contributed by atoms with Crippen molar-refractivity contribution in [3.05, 3.63) is 41.5 Å². The lowest BCUT2D eigenvalue weighted by Gasteiger charge is -2.04. The minimum atomic E-state index is -0.878. The lowest BCUT2D eigenvalue weighted by Crippen LogP contribution is -2.00. The quantitative estimate of drug-likeness (QED) is 0.703. The van der Waals surface area contributed by atoms with Crippen molar-refractivity contribution in [2.75, 3.05) is 0 Å². The van der Waals surface area contributed by atoms with Gasteiger partial charge in [-0.3, -0.25) is 0 Å². The Morgan fingerprint density at radius 3 is 2.46 bits per heavy atom. The number of aliphatic carboxylic acids is 1. The van der Waals surface area contributed by atoms with Gasteiger partial charge in [0.15, 0.2) is 0 Å². The summed E-state index contributed by atoms with van der Waals surface area (Å²) >= 11 is 0. The Morgan fingerprint density at radius 1 is 1.38 bits per heavy atom. The zero-order valence-corrected chi connectivity index (χ0v) is 7.74. The summed E-state index contributed by atoms with van der Waals surface area (Å²) in [5.41, 5.74) is 2.13. The highest BCUT2D eigenvalue weighted by Gasteiger charge is 2.09. The predicted octanol–water partition coefficient (Wildman–Crippen LogP) is 2.48. The second-order valence-electron chi connectivity index (χ2n) is 2.82. The van der Waals surface area contributed by atoms with Crippen LogP contribution >= 0.6 is 0 Å². The molecule has 0 unspecified atom stereocenters. The van der Waals surface area contributed by atoms with E-state index in [0.717, 1.165) is 11.1 Å². The monoisotopic (exact) mass is 176 g/mol. The fraction of sp³-hybridized carbons (Fsp3) is 0.182. The average molecular weight is 176 g/mol. The number of carboxylic acid groups (broad SMARTS) is 1. The van der Waals surface area contributed by atoms with Gasteiger partial charge in [-0.15, -0.1) is 0 Å². The summed E-state index contributed by atoms with van der Waals surface area (Å²) in [5.74, 6) is -0.878. The molecule has 2 nitrogen and oxygen atoms in total. The molecule has 68 valence electrons. The smallest absolute Gasteiger partial charge is 0.335 e. The molecule has 0 aliphatic carbocycles. The first-order valence-corrected chi connectivity index (χ1v) is 4.12. The van der Waals surface area contributed by atoms with Crippen molar-refractivity contribution in [3.63, 3.8) is 0 Å². The van der Waals surface area contributed by atoms with Crippen LogP contribution in [0.25, 0.3) is 5.57 Å². The van der Waals surface area contributed by atoms with E-state index >= 15 is 0 Å². The van der Waals surface area contributed by atoms with Gasteiger partial charge in [-0.25, -0.2) is 4.79 Å². The van der Waals surface area contributed by atoms with Crippen molar-refractivity contribution >= 4 is 11.5 Å². The van der Waals surface area contributed by atoms with Crippen molar-refractivity contribution < 1.29 is 9.90 Å². The highest BCUT2D eigenvalue weighted by Crippen LogP contribution is 2.18. The van der Waals surface area contributed by atoms with E-state index in [0.29, 0.717) is 5.57 Å². The van der Waals surface area contributed by atoms with Crippen LogP contribution in [0, 0.1) is 6.92 Å². The summed E-state index contributed by atoms with van der Waals surface area (Å²) in [6, 6.07) is 7.46. The number of carboxylic acids is 1. The molecule has 0 saturated carbocycles. The normalized spacial score (nSPS) is 11.4. The molecule has 0 aromatic heterocycles. The molecule has 1 rings (SSSR count).